The lowest BCUT2D eigenvalue weighted by atomic mass is 9.90. The summed E-state index contributed by atoms with van der Waals surface area (Å²) in [5, 5.41) is 157. The van der Waals surface area contributed by atoms with Crippen molar-refractivity contribution in [2.75, 3.05) is 19.8 Å². The van der Waals surface area contributed by atoms with E-state index < -0.39 is 171 Å². The standard InChI is InChI=1S/C39H50O24/c1-11-21(44)26(49)31(54)37(57-11)56-10-19-24(47)29(52)36(63-38-32(55)28(51)23(46)18(9-41)60-38)39(61-19)62-35-25(48)20-15(43)6-13(33-30(53)27(50)22(45)17(8-40)59-33)7-16(20)58-34(35)12-2-4-14(42)5-3-12/h2-7,11,17-19,21-24,26-33,36-47,49-55H,8-10H2,1H3/t11-,17+,18+,19+,21-,22+,23+,24+,26+,27-,28+,29-,30+,31+,32+,33-,36+,37+,38-,39-/m0/s1. The molecule has 1 aromatic heterocycles. The number of rotatable bonds is 11. The second-order valence-electron chi connectivity index (χ2n) is 15.8. The molecule has 0 saturated carbocycles. The molecule has 3 aromatic rings. The predicted molar refractivity (Wildman–Crippen MR) is 202 cm³/mol. The fourth-order valence-electron chi connectivity index (χ4n) is 7.83. The highest BCUT2D eigenvalue weighted by Gasteiger charge is 2.53. The molecule has 0 radical (unpaired) electrons. The Labute approximate surface area is 355 Å². The first kappa shape index (κ1) is 47.3. The van der Waals surface area contributed by atoms with Gasteiger partial charge in [0.15, 0.2) is 24.4 Å². The molecule has 0 amide bonds. The number of hydrogen-bond donors (Lipinski definition) is 15. The summed E-state index contributed by atoms with van der Waals surface area (Å²) in [6, 6.07) is 7.12. The van der Waals surface area contributed by atoms with Crippen LogP contribution in [-0.4, -0.2) is 213 Å². The number of phenols is 2. The molecule has 20 atom stereocenters. The molecule has 4 aliphatic heterocycles. The molecule has 5 heterocycles. The van der Waals surface area contributed by atoms with Crippen LogP contribution in [0.15, 0.2) is 45.6 Å². The number of aliphatic hydroxyl groups is 13. The van der Waals surface area contributed by atoms with Crippen LogP contribution in [0.1, 0.15) is 18.6 Å². The van der Waals surface area contributed by atoms with Gasteiger partial charge in [-0.05, 0) is 48.9 Å². The molecule has 4 aliphatic rings. The summed E-state index contributed by atoms with van der Waals surface area (Å²) >= 11 is 0. The highest BCUT2D eigenvalue weighted by Crippen LogP contribution is 2.41. The second-order valence-corrected chi connectivity index (χ2v) is 15.8. The van der Waals surface area contributed by atoms with E-state index in [-0.39, 0.29) is 22.5 Å². The summed E-state index contributed by atoms with van der Waals surface area (Å²) in [7, 11) is 0. The van der Waals surface area contributed by atoms with Crippen LogP contribution in [0.3, 0.4) is 0 Å². The van der Waals surface area contributed by atoms with Crippen LogP contribution in [-0.2, 0) is 28.4 Å². The van der Waals surface area contributed by atoms with Gasteiger partial charge < -0.3 is 114 Å². The van der Waals surface area contributed by atoms with Crippen LogP contribution in [0.5, 0.6) is 17.2 Å². The van der Waals surface area contributed by atoms with Gasteiger partial charge in [0.1, 0.15) is 114 Å². The molecule has 0 spiro atoms. The smallest absolute Gasteiger partial charge is 0.239 e. The number of hydrogen-bond acceptors (Lipinski definition) is 24. The van der Waals surface area contributed by atoms with Crippen molar-refractivity contribution in [3.05, 3.63) is 52.2 Å². The van der Waals surface area contributed by atoms with E-state index in [0.29, 0.717) is 0 Å². The highest BCUT2D eigenvalue weighted by molar-refractivity contribution is 5.88. The third kappa shape index (κ3) is 9.00. The van der Waals surface area contributed by atoms with Crippen molar-refractivity contribution in [1.82, 2.24) is 0 Å². The summed E-state index contributed by atoms with van der Waals surface area (Å²) < 4.78 is 46.2. The third-order valence-electron chi connectivity index (χ3n) is 11.6. The lowest BCUT2D eigenvalue weighted by Gasteiger charge is -2.46. The van der Waals surface area contributed by atoms with E-state index in [0.717, 1.165) is 12.1 Å². The van der Waals surface area contributed by atoms with E-state index in [1.165, 1.54) is 31.2 Å². The average molecular weight is 903 g/mol. The Balaban J connectivity index is 1.29. The van der Waals surface area contributed by atoms with E-state index in [9.17, 15) is 81.4 Å². The van der Waals surface area contributed by atoms with E-state index in [1.54, 1.807) is 0 Å². The molecule has 4 fully saturated rings. The monoisotopic (exact) mass is 902 g/mol. The van der Waals surface area contributed by atoms with Crippen molar-refractivity contribution in [3.63, 3.8) is 0 Å². The first-order valence-corrected chi connectivity index (χ1v) is 19.8. The van der Waals surface area contributed by atoms with Crippen LogP contribution in [0.2, 0.25) is 0 Å². The van der Waals surface area contributed by atoms with E-state index in [1.807, 2.05) is 0 Å². The molecule has 0 aliphatic carbocycles. The van der Waals surface area contributed by atoms with E-state index in [4.69, 9.17) is 37.6 Å². The molecule has 0 unspecified atom stereocenters. The van der Waals surface area contributed by atoms with Gasteiger partial charge in [0.2, 0.25) is 17.5 Å². The van der Waals surface area contributed by atoms with Gasteiger partial charge in [0.05, 0.1) is 25.9 Å². The Kier molecular flexibility index (Phi) is 14.3. The Morgan fingerprint density at radius 1 is 0.603 bits per heavy atom. The zero-order valence-corrected chi connectivity index (χ0v) is 33.0. The maximum Gasteiger partial charge on any atom is 0.239 e. The molecule has 24 heteroatoms. The van der Waals surface area contributed by atoms with E-state index >= 15 is 0 Å². The second kappa shape index (κ2) is 19.0. The van der Waals surface area contributed by atoms with Crippen LogP contribution in [0.25, 0.3) is 22.3 Å². The first-order chi connectivity index (χ1) is 29.9. The lowest BCUT2D eigenvalue weighted by Crippen LogP contribution is -2.65. The maximum atomic E-state index is 14.6. The van der Waals surface area contributed by atoms with Crippen LogP contribution >= 0.6 is 0 Å². The van der Waals surface area contributed by atoms with Crippen LogP contribution in [0.4, 0.5) is 0 Å². The molecule has 24 nitrogen and oxygen atoms in total. The van der Waals surface area contributed by atoms with E-state index in [2.05, 4.69) is 0 Å². The average Bonchev–Trinajstić information content (AvgIpc) is 3.26. The van der Waals surface area contributed by atoms with Crippen LogP contribution < -0.4 is 10.2 Å². The minimum absolute atomic E-state index is 0.0283. The van der Waals surface area contributed by atoms with Crippen molar-refractivity contribution in [3.8, 4) is 28.6 Å². The van der Waals surface area contributed by atoms with Crippen molar-refractivity contribution >= 4 is 11.0 Å². The number of fused-ring (bicyclic) bond motifs is 1. The molecular weight excluding hydrogens is 852 g/mol. The van der Waals surface area contributed by atoms with Gasteiger partial charge in [0, 0.05) is 5.56 Å². The summed E-state index contributed by atoms with van der Waals surface area (Å²) in [4.78, 5) is 14.6. The minimum atomic E-state index is -2.13. The van der Waals surface area contributed by atoms with Crippen molar-refractivity contribution < 1.29 is 114 Å². The third-order valence-corrected chi connectivity index (χ3v) is 11.6. The Morgan fingerprint density at radius 2 is 1.17 bits per heavy atom. The normalized spacial score (nSPS) is 41.1. The van der Waals surface area contributed by atoms with Crippen molar-refractivity contribution in [1.29, 1.82) is 0 Å². The summed E-state index contributed by atoms with van der Waals surface area (Å²) in [5.41, 5.74) is -1.57. The molecular formula is C39H50O24. The topological polar surface area (TPSA) is 398 Å². The van der Waals surface area contributed by atoms with Crippen molar-refractivity contribution in [2.24, 2.45) is 0 Å². The predicted octanol–water partition coefficient (Wildman–Crippen LogP) is -5.76. The van der Waals surface area contributed by atoms with Gasteiger partial charge in [-0.1, -0.05) is 0 Å². The molecule has 4 saturated heterocycles. The number of aromatic hydroxyl groups is 2. The van der Waals surface area contributed by atoms with Gasteiger partial charge in [-0.15, -0.1) is 0 Å². The molecule has 350 valence electrons. The zero-order valence-electron chi connectivity index (χ0n) is 33.0. The highest BCUT2D eigenvalue weighted by atomic mass is 16.8. The number of phenolic OH excluding ortho intramolecular Hbond substituents is 2. The Bertz CT molecular complexity index is 2080. The van der Waals surface area contributed by atoms with Crippen molar-refractivity contribution in [2.45, 2.75) is 130 Å². The quantitative estimate of drug-likeness (QED) is 0.0852. The van der Waals surface area contributed by atoms with Gasteiger partial charge in [-0.3, -0.25) is 4.79 Å². The lowest BCUT2D eigenvalue weighted by molar-refractivity contribution is -0.362. The van der Waals surface area contributed by atoms with Gasteiger partial charge in [-0.2, -0.15) is 0 Å². The summed E-state index contributed by atoms with van der Waals surface area (Å²) in [6.45, 7) is -1.02. The zero-order chi connectivity index (χ0) is 45.8. The molecule has 0 bridgehead atoms. The maximum absolute atomic E-state index is 14.6. The summed E-state index contributed by atoms with van der Waals surface area (Å²) in [6.07, 6.45) is -35.1. The Hall–Kier alpha value is -3.71. The molecule has 63 heavy (non-hydrogen) atoms. The van der Waals surface area contributed by atoms with Crippen LogP contribution in [0, 0.1) is 0 Å². The first-order valence-electron chi connectivity index (χ1n) is 19.8. The fourth-order valence-corrected chi connectivity index (χ4v) is 7.83. The SMILES string of the molecule is C[C@@H]1O[C@@H](OC[C@H]2O[C@@H](Oc3c(-c4ccc(O)cc4)oc4cc([C@@H]5O[C@H](CO)[C@@H](O)[C@H](O)[C@H]5O)cc(O)c4c3=O)[C@H](O[C@@H]3O[C@H](CO)[C@@H](O)[C@@H](O)[C@H]3O)[C@@H](O)[C@@H]2O)[C@H](O)[C@H](O)[C@H]1O. The number of aliphatic hydroxyl groups excluding tert-OH is 13. The van der Waals surface area contributed by atoms with Gasteiger partial charge in [-0.25, -0.2) is 0 Å². The molecule has 15 N–H and O–H groups in total. The fraction of sp³-hybridized carbons (Fsp3) is 0.615. The van der Waals surface area contributed by atoms with Gasteiger partial charge in [0.25, 0.3) is 0 Å². The number of benzene rings is 2. The summed E-state index contributed by atoms with van der Waals surface area (Å²) in [5.74, 6) is -2.25. The largest absolute Gasteiger partial charge is 0.508 e. The molecule has 2 aromatic carbocycles. The Morgan fingerprint density at radius 3 is 1.83 bits per heavy atom. The minimum Gasteiger partial charge on any atom is -0.508 e. The van der Waals surface area contributed by atoms with Gasteiger partial charge >= 0.3 is 0 Å². The molecule has 7 rings (SSSR count). The number of ether oxygens (including phenoxy) is 7.